The topological polar surface area (TPSA) is 93.1 Å². The number of rotatable bonds is 4. The van der Waals surface area contributed by atoms with Crippen LogP contribution in [0.5, 0.6) is 0 Å². The van der Waals surface area contributed by atoms with Crippen molar-refractivity contribution in [3.05, 3.63) is 60.3 Å². The van der Waals surface area contributed by atoms with Crippen LogP contribution in [0.1, 0.15) is 28.9 Å². The number of nitrogens with one attached hydrogen (secondary N) is 1. The Balaban J connectivity index is 1.27. The Kier molecular flexibility index (Phi) is 4.81. The Morgan fingerprint density at radius 2 is 2.00 bits per heavy atom. The maximum absolute atomic E-state index is 13.3. The summed E-state index contributed by atoms with van der Waals surface area (Å²) < 4.78 is 6.86. The molecule has 4 aromatic heterocycles. The van der Waals surface area contributed by atoms with Crippen LogP contribution in [0, 0.1) is 6.92 Å². The first-order valence-electron chi connectivity index (χ1n) is 10.9. The summed E-state index contributed by atoms with van der Waals surface area (Å²) in [5.74, 6) is -0.220. The number of anilines is 2. The number of aromatic nitrogens is 4. The maximum atomic E-state index is 13.3. The van der Waals surface area contributed by atoms with E-state index in [-0.39, 0.29) is 11.5 Å². The molecule has 2 fully saturated rings. The van der Waals surface area contributed by atoms with Crippen LogP contribution in [0.4, 0.5) is 10.8 Å². The van der Waals surface area contributed by atoms with E-state index in [2.05, 4.69) is 30.2 Å². The van der Waals surface area contributed by atoms with Gasteiger partial charge >= 0.3 is 0 Å². The van der Waals surface area contributed by atoms with Gasteiger partial charge in [0.25, 0.3) is 5.91 Å². The van der Waals surface area contributed by atoms with Crippen LogP contribution in [0.2, 0.25) is 0 Å². The van der Waals surface area contributed by atoms with Gasteiger partial charge in [-0.05, 0) is 49.6 Å². The Morgan fingerprint density at radius 3 is 2.82 bits per heavy atom. The number of nitrogens with zero attached hydrogens (tertiary/aromatic N) is 5. The number of hydrogen-bond donors (Lipinski definition) is 1. The van der Waals surface area contributed by atoms with E-state index < -0.39 is 0 Å². The van der Waals surface area contributed by atoms with Gasteiger partial charge in [0.15, 0.2) is 10.8 Å². The van der Waals surface area contributed by atoms with Crippen LogP contribution < -0.4 is 10.2 Å². The predicted molar refractivity (Wildman–Crippen MR) is 128 cm³/mol. The minimum atomic E-state index is -0.220. The van der Waals surface area contributed by atoms with E-state index in [9.17, 15) is 4.79 Å². The van der Waals surface area contributed by atoms with Gasteiger partial charge in [-0.25, -0.2) is 4.98 Å². The van der Waals surface area contributed by atoms with Crippen molar-refractivity contribution in [3.63, 3.8) is 0 Å². The molecule has 1 aliphatic carbocycles. The lowest BCUT2D eigenvalue weighted by Crippen LogP contribution is -2.44. The van der Waals surface area contributed by atoms with Crippen molar-refractivity contribution in [1.82, 2.24) is 19.9 Å². The van der Waals surface area contributed by atoms with Crippen molar-refractivity contribution in [1.29, 1.82) is 0 Å². The van der Waals surface area contributed by atoms with Crippen molar-refractivity contribution in [2.75, 3.05) is 29.9 Å². The molecule has 0 radical (unpaired) electrons. The second kappa shape index (κ2) is 7.86. The zero-order valence-corrected chi connectivity index (χ0v) is 18.9. The molecule has 0 atom stereocenters. The number of morpholine rings is 1. The lowest BCUT2D eigenvalue weighted by molar-refractivity contribution is 0.0205. The first-order chi connectivity index (χ1) is 16.1. The average Bonchev–Trinajstić information content (AvgIpc) is 3.45. The second-order valence-electron chi connectivity index (χ2n) is 8.55. The summed E-state index contributed by atoms with van der Waals surface area (Å²) >= 11 is 1.41. The van der Waals surface area contributed by atoms with Gasteiger partial charge in [0, 0.05) is 49.1 Å². The molecule has 1 aliphatic heterocycles. The summed E-state index contributed by atoms with van der Waals surface area (Å²) in [7, 11) is 0. The molecule has 1 saturated heterocycles. The molecule has 0 unspecified atom stereocenters. The summed E-state index contributed by atoms with van der Waals surface area (Å²) in [4.78, 5) is 33.0. The fourth-order valence-corrected chi connectivity index (χ4v) is 5.07. The maximum Gasteiger partial charge on any atom is 0.261 e. The average molecular weight is 459 g/mol. The fraction of sp³-hybridized carbons (Fsp3) is 0.292. The molecule has 4 aromatic rings. The first kappa shape index (κ1) is 20.2. The van der Waals surface area contributed by atoms with Crippen LogP contribution in [0.3, 0.4) is 0 Å². The summed E-state index contributed by atoms with van der Waals surface area (Å²) in [6.45, 7) is 4.18. The molecule has 1 amide bonds. The van der Waals surface area contributed by atoms with E-state index in [1.54, 1.807) is 24.8 Å². The quantitative estimate of drug-likeness (QED) is 0.493. The molecule has 8 nitrogen and oxygen atoms in total. The number of hydrogen-bond acceptors (Lipinski definition) is 8. The molecule has 6 rings (SSSR count). The monoisotopic (exact) mass is 458 g/mol. The summed E-state index contributed by atoms with van der Waals surface area (Å²) in [5.41, 5.74) is 4.92. The molecule has 1 saturated carbocycles. The molecule has 33 heavy (non-hydrogen) atoms. The van der Waals surface area contributed by atoms with Gasteiger partial charge < -0.3 is 9.64 Å². The van der Waals surface area contributed by atoms with Crippen molar-refractivity contribution < 1.29 is 9.53 Å². The smallest absolute Gasteiger partial charge is 0.261 e. The van der Waals surface area contributed by atoms with Gasteiger partial charge in [-0.2, -0.15) is 4.98 Å². The number of carbonyl (C=O) groups excluding carboxylic acids is 1. The second-order valence-corrected chi connectivity index (χ2v) is 9.58. The van der Waals surface area contributed by atoms with E-state index in [0.717, 1.165) is 53.1 Å². The van der Waals surface area contributed by atoms with E-state index in [1.807, 2.05) is 31.2 Å². The molecule has 5 heterocycles. The molecule has 0 bridgehead atoms. The highest BCUT2D eigenvalue weighted by atomic mass is 32.1. The zero-order valence-electron chi connectivity index (χ0n) is 18.1. The number of thiazole rings is 1. The van der Waals surface area contributed by atoms with Crippen LogP contribution in [0.15, 0.2) is 49.1 Å². The summed E-state index contributed by atoms with van der Waals surface area (Å²) in [6.07, 6.45) is 9.11. The molecular weight excluding hydrogens is 436 g/mol. The summed E-state index contributed by atoms with van der Waals surface area (Å²) in [6, 6.07) is 7.90. The Bertz CT molecular complexity index is 1350. The standard InChI is InChI=1S/C24H22N6O2S/c1-15-10-19(30-8-9-32-24(14-30)4-5-24)18(13-26-15)22(31)29-23-28-21-20(33-23)11-17(12-27-21)16-2-6-25-7-3-16/h2-3,6-7,10-13H,4-5,8-9,14H2,1H3,(H,27,28,29,31). The van der Waals surface area contributed by atoms with E-state index >= 15 is 0 Å². The number of pyridine rings is 3. The van der Waals surface area contributed by atoms with Gasteiger partial charge in [-0.1, -0.05) is 11.3 Å². The Hall–Kier alpha value is -3.43. The van der Waals surface area contributed by atoms with Crippen LogP contribution in [-0.4, -0.2) is 51.1 Å². The fourth-order valence-electron chi connectivity index (χ4n) is 4.21. The Labute approximate surface area is 194 Å². The molecule has 0 aromatic carbocycles. The van der Waals surface area contributed by atoms with Gasteiger partial charge in [0.1, 0.15) is 0 Å². The SMILES string of the molecule is Cc1cc(N2CCOC3(CC3)C2)c(C(=O)Nc2nc3ncc(-c4ccncc4)cc3s2)cn1. The van der Waals surface area contributed by atoms with E-state index in [4.69, 9.17) is 4.74 Å². The lowest BCUT2D eigenvalue weighted by Gasteiger charge is -2.35. The highest BCUT2D eigenvalue weighted by Crippen LogP contribution is 2.43. The molecular formula is C24H22N6O2S. The number of aryl methyl sites for hydroxylation is 1. The molecule has 2 aliphatic rings. The molecule has 166 valence electrons. The molecule has 9 heteroatoms. The lowest BCUT2D eigenvalue weighted by atomic mass is 10.1. The Morgan fingerprint density at radius 1 is 1.15 bits per heavy atom. The van der Waals surface area contributed by atoms with Crippen LogP contribution in [-0.2, 0) is 4.74 Å². The van der Waals surface area contributed by atoms with Gasteiger partial charge in [-0.3, -0.25) is 20.1 Å². The largest absolute Gasteiger partial charge is 0.371 e. The minimum Gasteiger partial charge on any atom is -0.371 e. The third-order valence-electron chi connectivity index (χ3n) is 6.14. The van der Waals surface area contributed by atoms with Crippen LogP contribution >= 0.6 is 11.3 Å². The predicted octanol–water partition coefficient (Wildman–Crippen LogP) is 4.08. The number of carbonyl (C=O) groups is 1. The number of ether oxygens (including phenoxy) is 1. The van der Waals surface area contributed by atoms with E-state index in [0.29, 0.717) is 22.9 Å². The van der Waals surface area contributed by atoms with Crippen molar-refractivity contribution in [2.24, 2.45) is 0 Å². The van der Waals surface area contributed by atoms with Crippen molar-refractivity contribution >= 4 is 38.4 Å². The molecule has 1 N–H and O–H groups in total. The normalized spacial score (nSPS) is 16.8. The summed E-state index contributed by atoms with van der Waals surface area (Å²) in [5, 5.41) is 3.48. The van der Waals surface area contributed by atoms with Crippen LogP contribution in [0.25, 0.3) is 21.5 Å². The van der Waals surface area contributed by atoms with Gasteiger partial charge in [0.05, 0.1) is 28.2 Å². The van der Waals surface area contributed by atoms with Crippen molar-refractivity contribution in [2.45, 2.75) is 25.4 Å². The first-order valence-corrected chi connectivity index (χ1v) is 11.7. The van der Waals surface area contributed by atoms with Crippen molar-refractivity contribution in [3.8, 4) is 11.1 Å². The highest BCUT2D eigenvalue weighted by Gasteiger charge is 2.47. The third kappa shape index (κ3) is 3.94. The molecule has 1 spiro atoms. The number of fused-ring (bicyclic) bond motifs is 1. The third-order valence-corrected chi connectivity index (χ3v) is 7.05. The van der Waals surface area contributed by atoms with Gasteiger partial charge in [0.2, 0.25) is 0 Å². The van der Waals surface area contributed by atoms with E-state index in [1.165, 1.54) is 11.3 Å². The minimum absolute atomic E-state index is 0.0333. The zero-order chi connectivity index (χ0) is 22.4. The number of amides is 1. The highest BCUT2D eigenvalue weighted by molar-refractivity contribution is 7.22. The van der Waals surface area contributed by atoms with Gasteiger partial charge in [-0.15, -0.1) is 0 Å².